The molecule has 0 radical (unpaired) electrons. The van der Waals surface area contributed by atoms with Crippen LogP contribution in [0.3, 0.4) is 0 Å². The molecule has 1 amide bonds. The number of carbonyl (C=O) groups is 1. The number of phenolic OH excluding ortho intramolecular Hbond substituents is 1. The Morgan fingerprint density at radius 3 is 2.35 bits per heavy atom. The van der Waals surface area contributed by atoms with Gasteiger partial charge in [0.25, 0.3) is 5.91 Å². The Labute approximate surface area is 130 Å². The SMILES string of the molecule is CCC(CC)N(CC(C)C)C(=O)c1ccc(Br)cc1O. The molecule has 1 aromatic carbocycles. The van der Waals surface area contributed by atoms with E-state index in [2.05, 4.69) is 43.6 Å². The zero-order chi connectivity index (χ0) is 15.3. The van der Waals surface area contributed by atoms with E-state index in [4.69, 9.17) is 0 Å². The molecule has 0 aliphatic heterocycles. The third-order valence-corrected chi connectivity index (χ3v) is 3.89. The van der Waals surface area contributed by atoms with E-state index in [1.165, 1.54) is 0 Å². The van der Waals surface area contributed by atoms with Crippen LogP contribution in [-0.4, -0.2) is 28.5 Å². The summed E-state index contributed by atoms with van der Waals surface area (Å²) in [5.74, 6) is 0.346. The van der Waals surface area contributed by atoms with Gasteiger partial charge in [-0.15, -0.1) is 0 Å². The molecule has 1 N–H and O–H groups in total. The molecule has 0 heterocycles. The smallest absolute Gasteiger partial charge is 0.257 e. The lowest BCUT2D eigenvalue weighted by atomic mass is 10.0. The van der Waals surface area contributed by atoms with Gasteiger partial charge in [-0.1, -0.05) is 43.6 Å². The van der Waals surface area contributed by atoms with Crippen molar-refractivity contribution < 1.29 is 9.90 Å². The molecule has 0 aliphatic rings. The van der Waals surface area contributed by atoms with Gasteiger partial charge in [-0.3, -0.25) is 4.79 Å². The van der Waals surface area contributed by atoms with Crippen molar-refractivity contribution in [3.05, 3.63) is 28.2 Å². The molecule has 1 rings (SSSR count). The highest BCUT2D eigenvalue weighted by molar-refractivity contribution is 9.10. The van der Waals surface area contributed by atoms with Gasteiger partial charge in [0, 0.05) is 17.1 Å². The van der Waals surface area contributed by atoms with E-state index in [1.807, 2.05) is 4.90 Å². The Morgan fingerprint density at radius 2 is 1.90 bits per heavy atom. The fraction of sp³-hybridized carbons (Fsp3) is 0.562. The number of phenols is 1. The molecular formula is C16H24BrNO2. The summed E-state index contributed by atoms with van der Waals surface area (Å²) < 4.78 is 0.768. The summed E-state index contributed by atoms with van der Waals surface area (Å²) in [4.78, 5) is 14.6. The molecule has 4 heteroatoms. The van der Waals surface area contributed by atoms with Crippen molar-refractivity contribution >= 4 is 21.8 Å². The van der Waals surface area contributed by atoms with Crippen LogP contribution in [0.1, 0.15) is 50.9 Å². The van der Waals surface area contributed by atoms with Gasteiger partial charge in [0.15, 0.2) is 0 Å². The molecule has 0 aromatic heterocycles. The van der Waals surface area contributed by atoms with Crippen LogP contribution in [0.15, 0.2) is 22.7 Å². The molecule has 0 saturated carbocycles. The van der Waals surface area contributed by atoms with Crippen molar-refractivity contribution in [1.29, 1.82) is 0 Å². The molecule has 0 unspecified atom stereocenters. The molecule has 3 nitrogen and oxygen atoms in total. The van der Waals surface area contributed by atoms with E-state index in [9.17, 15) is 9.90 Å². The van der Waals surface area contributed by atoms with Crippen molar-refractivity contribution in [3.8, 4) is 5.75 Å². The van der Waals surface area contributed by atoms with Gasteiger partial charge >= 0.3 is 0 Å². The Hall–Kier alpha value is -1.03. The van der Waals surface area contributed by atoms with Crippen molar-refractivity contribution in [2.45, 2.75) is 46.6 Å². The number of aromatic hydroxyl groups is 1. The fourth-order valence-electron chi connectivity index (χ4n) is 2.36. The molecule has 20 heavy (non-hydrogen) atoms. The second-order valence-electron chi connectivity index (χ2n) is 5.48. The van der Waals surface area contributed by atoms with E-state index >= 15 is 0 Å². The lowest BCUT2D eigenvalue weighted by molar-refractivity contribution is 0.0637. The highest BCUT2D eigenvalue weighted by Gasteiger charge is 2.25. The van der Waals surface area contributed by atoms with Crippen LogP contribution in [0.4, 0.5) is 0 Å². The van der Waals surface area contributed by atoms with Crippen LogP contribution < -0.4 is 0 Å². The minimum Gasteiger partial charge on any atom is -0.507 e. The number of hydrogen-bond acceptors (Lipinski definition) is 2. The summed E-state index contributed by atoms with van der Waals surface area (Å²) in [5.41, 5.74) is 0.376. The molecule has 1 aromatic rings. The fourth-order valence-corrected chi connectivity index (χ4v) is 2.71. The predicted molar refractivity (Wildman–Crippen MR) is 86.1 cm³/mol. The Bertz CT molecular complexity index is 456. The first kappa shape index (κ1) is 17.0. The normalized spacial score (nSPS) is 11.2. The van der Waals surface area contributed by atoms with Crippen LogP contribution >= 0.6 is 15.9 Å². The average Bonchev–Trinajstić information content (AvgIpc) is 2.37. The maximum absolute atomic E-state index is 12.7. The highest BCUT2D eigenvalue weighted by atomic mass is 79.9. The molecule has 0 fully saturated rings. The Kier molecular flexibility index (Phi) is 6.53. The first-order valence-corrected chi connectivity index (χ1v) is 7.99. The number of benzene rings is 1. The molecule has 0 spiro atoms. The standard InChI is InChI=1S/C16H24BrNO2/c1-5-13(6-2)18(10-11(3)4)16(20)14-8-7-12(17)9-15(14)19/h7-9,11,13,19H,5-6,10H2,1-4H3. The van der Waals surface area contributed by atoms with E-state index in [0.717, 1.165) is 17.3 Å². The highest BCUT2D eigenvalue weighted by Crippen LogP contribution is 2.25. The van der Waals surface area contributed by atoms with Crippen LogP contribution in [-0.2, 0) is 0 Å². The lowest BCUT2D eigenvalue weighted by Gasteiger charge is -2.32. The van der Waals surface area contributed by atoms with Crippen LogP contribution in [0.2, 0.25) is 0 Å². The second-order valence-corrected chi connectivity index (χ2v) is 6.40. The molecule has 0 bridgehead atoms. The minimum atomic E-state index is -0.0857. The van der Waals surface area contributed by atoms with Crippen molar-refractivity contribution in [1.82, 2.24) is 4.90 Å². The van der Waals surface area contributed by atoms with Gasteiger partial charge in [0.1, 0.15) is 5.75 Å². The first-order chi connectivity index (χ1) is 9.40. The molecule has 112 valence electrons. The Balaban J connectivity index is 3.09. The van der Waals surface area contributed by atoms with Gasteiger partial charge in [0.05, 0.1) is 5.56 Å². The summed E-state index contributed by atoms with van der Waals surface area (Å²) in [6.07, 6.45) is 1.85. The first-order valence-electron chi connectivity index (χ1n) is 7.20. The Morgan fingerprint density at radius 1 is 1.30 bits per heavy atom. The summed E-state index contributed by atoms with van der Waals surface area (Å²) in [5, 5.41) is 9.99. The van der Waals surface area contributed by atoms with E-state index in [0.29, 0.717) is 18.0 Å². The quantitative estimate of drug-likeness (QED) is 0.830. The molecule has 0 aliphatic carbocycles. The molecule has 0 atom stereocenters. The number of hydrogen-bond donors (Lipinski definition) is 1. The number of rotatable bonds is 6. The van der Waals surface area contributed by atoms with E-state index in [1.54, 1.807) is 18.2 Å². The zero-order valence-corrected chi connectivity index (χ0v) is 14.3. The maximum Gasteiger partial charge on any atom is 0.257 e. The van der Waals surface area contributed by atoms with Crippen molar-refractivity contribution in [3.63, 3.8) is 0 Å². The van der Waals surface area contributed by atoms with Gasteiger partial charge in [-0.2, -0.15) is 0 Å². The van der Waals surface area contributed by atoms with Crippen molar-refractivity contribution in [2.75, 3.05) is 6.54 Å². The van der Waals surface area contributed by atoms with Crippen molar-refractivity contribution in [2.24, 2.45) is 5.92 Å². The van der Waals surface area contributed by atoms with Gasteiger partial charge in [-0.05, 0) is 37.0 Å². The second kappa shape index (κ2) is 7.67. The van der Waals surface area contributed by atoms with Gasteiger partial charge in [-0.25, -0.2) is 0 Å². The maximum atomic E-state index is 12.7. The summed E-state index contributed by atoms with van der Waals surface area (Å²) in [6, 6.07) is 5.24. The third-order valence-electron chi connectivity index (χ3n) is 3.40. The monoisotopic (exact) mass is 341 g/mol. The minimum absolute atomic E-state index is 0.0316. The molecule has 0 saturated heterocycles. The number of amides is 1. The average molecular weight is 342 g/mol. The summed E-state index contributed by atoms with van der Waals surface area (Å²) in [7, 11) is 0. The largest absolute Gasteiger partial charge is 0.507 e. The van der Waals surface area contributed by atoms with E-state index < -0.39 is 0 Å². The van der Waals surface area contributed by atoms with E-state index in [-0.39, 0.29) is 17.7 Å². The molecular weight excluding hydrogens is 318 g/mol. The lowest BCUT2D eigenvalue weighted by Crippen LogP contribution is -2.42. The zero-order valence-electron chi connectivity index (χ0n) is 12.7. The van der Waals surface area contributed by atoms with Crippen LogP contribution in [0.5, 0.6) is 5.75 Å². The third kappa shape index (κ3) is 4.23. The predicted octanol–water partition coefficient (Wildman–Crippen LogP) is 4.44. The number of halogens is 1. The summed E-state index contributed by atoms with van der Waals surface area (Å²) >= 11 is 3.29. The van der Waals surface area contributed by atoms with Gasteiger partial charge in [0.2, 0.25) is 0 Å². The van der Waals surface area contributed by atoms with Crippen LogP contribution in [0.25, 0.3) is 0 Å². The topological polar surface area (TPSA) is 40.5 Å². The number of nitrogens with zero attached hydrogens (tertiary/aromatic N) is 1. The van der Waals surface area contributed by atoms with Gasteiger partial charge < -0.3 is 10.0 Å². The number of carbonyl (C=O) groups excluding carboxylic acids is 1. The van der Waals surface area contributed by atoms with Crippen LogP contribution in [0, 0.1) is 5.92 Å². The summed E-state index contributed by atoms with van der Waals surface area (Å²) in [6.45, 7) is 9.10.